The molecule has 1 heterocycles. The lowest BCUT2D eigenvalue weighted by atomic mass is 9.73. The molecule has 1 fully saturated rings. The minimum atomic E-state index is -0.836. The second kappa shape index (κ2) is 5.50. The Bertz CT molecular complexity index is 579. The standard InChI is InChI=1S/C15H23N3O3/c1-9-12(10(2)18(4)17-9)13(19)16-15(3)8-6-5-7-11(15)14(20)21/h11H,5-8H2,1-4H3,(H,16,19)(H,20,21). The van der Waals surface area contributed by atoms with Crippen molar-refractivity contribution in [2.45, 2.75) is 52.0 Å². The van der Waals surface area contributed by atoms with Crippen molar-refractivity contribution in [3.63, 3.8) is 0 Å². The number of hydrogen-bond donors (Lipinski definition) is 2. The molecule has 21 heavy (non-hydrogen) atoms. The van der Waals surface area contributed by atoms with Crippen LogP contribution in [0.2, 0.25) is 0 Å². The normalized spacial score (nSPS) is 25.6. The lowest BCUT2D eigenvalue weighted by Gasteiger charge is -2.39. The Morgan fingerprint density at radius 3 is 2.57 bits per heavy atom. The van der Waals surface area contributed by atoms with Crippen LogP contribution in [-0.2, 0) is 11.8 Å². The fraction of sp³-hybridized carbons (Fsp3) is 0.667. The van der Waals surface area contributed by atoms with E-state index in [9.17, 15) is 14.7 Å². The molecule has 0 bridgehead atoms. The van der Waals surface area contributed by atoms with E-state index in [0.29, 0.717) is 24.1 Å². The maximum Gasteiger partial charge on any atom is 0.308 e. The van der Waals surface area contributed by atoms with Crippen LogP contribution < -0.4 is 5.32 Å². The predicted octanol–water partition coefficient (Wildman–Crippen LogP) is 1.80. The van der Waals surface area contributed by atoms with Crippen molar-refractivity contribution in [3.05, 3.63) is 17.0 Å². The van der Waals surface area contributed by atoms with Crippen molar-refractivity contribution in [1.82, 2.24) is 15.1 Å². The van der Waals surface area contributed by atoms with E-state index in [0.717, 1.165) is 18.5 Å². The number of rotatable bonds is 3. The van der Waals surface area contributed by atoms with E-state index in [1.165, 1.54) is 0 Å². The first-order valence-electron chi connectivity index (χ1n) is 7.32. The predicted molar refractivity (Wildman–Crippen MR) is 78.1 cm³/mol. The van der Waals surface area contributed by atoms with Gasteiger partial charge in [0.2, 0.25) is 0 Å². The lowest BCUT2D eigenvalue weighted by molar-refractivity contribution is -0.145. The Morgan fingerprint density at radius 2 is 2.05 bits per heavy atom. The third kappa shape index (κ3) is 2.80. The number of nitrogens with one attached hydrogen (secondary N) is 1. The van der Waals surface area contributed by atoms with Gasteiger partial charge in [-0.1, -0.05) is 12.8 Å². The Hall–Kier alpha value is -1.85. The maximum atomic E-state index is 12.6. The highest BCUT2D eigenvalue weighted by molar-refractivity contribution is 5.97. The van der Waals surface area contributed by atoms with E-state index < -0.39 is 17.4 Å². The number of aromatic nitrogens is 2. The third-order valence-electron chi connectivity index (χ3n) is 4.64. The van der Waals surface area contributed by atoms with Gasteiger partial charge < -0.3 is 10.4 Å². The van der Waals surface area contributed by atoms with Gasteiger partial charge >= 0.3 is 5.97 Å². The van der Waals surface area contributed by atoms with Crippen LogP contribution in [0.5, 0.6) is 0 Å². The quantitative estimate of drug-likeness (QED) is 0.890. The van der Waals surface area contributed by atoms with Crippen LogP contribution in [0.4, 0.5) is 0 Å². The number of carboxylic acid groups (broad SMARTS) is 1. The number of carbonyl (C=O) groups is 2. The summed E-state index contributed by atoms with van der Waals surface area (Å²) in [6, 6.07) is 0. The van der Waals surface area contributed by atoms with E-state index in [1.54, 1.807) is 18.7 Å². The molecular formula is C15H23N3O3. The van der Waals surface area contributed by atoms with Crippen LogP contribution >= 0.6 is 0 Å². The molecule has 1 aromatic heterocycles. The van der Waals surface area contributed by atoms with Gasteiger partial charge in [0, 0.05) is 12.7 Å². The summed E-state index contributed by atoms with van der Waals surface area (Å²) >= 11 is 0. The summed E-state index contributed by atoms with van der Waals surface area (Å²) in [6.45, 7) is 5.47. The van der Waals surface area contributed by atoms with Crippen LogP contribution in [0, 0.1) is 19.8 Å². The molecule has 2 atom stereocenters. The van der Waals surface area contributed by atoms with E-state index in [4.69, 9.17) is 0 Å². The van der Waals surface area contributed by atoms with Gasteiger partial charge in [-0.05, 0) is 33.6 Å². The second-order valence-corrected chi connectivity index (χ2v) is 6.18. The smallest absolute Gasteiger partial charge is 0.308 e. The van der Waals surface area contributed by atoms with Gasteiger partial charge in [0.1, 0.15) is 0 Å². The highest BCUT2D eigenvalue weighted by atomic mass is 16.4. The Kier molecular flexibility index (Phi) is 4.07. The van der Waals surface area contributed by atoms with Crippen LogP contribution in [0.15, 0.2) is 0 Å². The molecule has 0 saturated heterocycles. The van der Waals surface area contributed by atoms with Gasteiger partial charge in [0.25, 0.3) is 5.91 Å². The summed E-state index contributed by atoms with van der Waals surface area (Å²) in [7, 11) is 1.79. The number of carbonyl (C=O) groups excluding carboxylic acids is 1. The molecule has 2 N–H and O–H groups in total. The van der Waals surface area contributed by atoms with Crippen LogP contribution in [0.1, 0.15) is 54.4 Å². The van der Waals surface area contributed by atoms with E-state index >= 15 is 0 Å². The highest BCUT2D eigenvalue weighted by Gasteiger charge is 2.42. The van der Waals surface area contributed by atoms with Crippen molar-refractivity contribution < 1.29 is 14.7 Å². The molecule has 1 saturated carbocycles. The van der Waals surface area contributed by atoms with Gasteiger partial charge in [-0.3, -0.25) is 14.3 Å². The molecule has 6 heteroatoms. The average molecular weight is 293 g/mol. The molecule has 1 aliphatic carbocycles. The minimum absolute atomic E-state index is 0.228. The molecule has 1 aliphatic rings. The molecule has 0 spiro atoms. The third-order valence-corrected chi connectivity index (χ3v) is 4.64. The highest BCUT2D eigenvalue weighted by Crippen LogP contribution is 2.34. The number of amides is 1. The maximum absolute atomic E-state index is 12.6. The first-order chi connectivity index (χ1) is 9.76. The van der Waals surface area contributed by atoms with Crippen molar-refractivity contribution in [3.8, 4) is 0 Å². The van der Waals surface area contributed by atoms with Crippen molar-refractivity contribution in [2.24, 2.45) is 13.0 Å². The zero-order valence-corrected chi connectivity index (χ0v) is 13.1. The van der Waals surface area contributed by atoms with Crippen LogP contribution in [0.25, 0.3) is 0 Å². The fourth-order valence-electron chi connectivity index (χ4n) is 3.30. The molecule has 116 valence electrons. The zero-order chi connectivity index (χ0) is 15.8. The van der Waals surface area contributed by atoms with E-state index in [1.807, 2.05) is 13.8 Å². The number of aryl methyl sites for hydroxylation is 2. The SMILES string of the molecule is Cc1nn(C)c(C)c1C(=O)NC1(C)CCCCC1C(=O)O. The van der Waals surface area contributed by atoms with Gasteiger partial charge in [-0.15, -0.1) is 0 Å². The van der Waals surface area contributed by atoms with Gasteiger partial charge in [0.15, 0.2) is 0 Å². The molecule has 2 unspecified atom stereocenters. The number of carboxylic acids is 1. The van der Waals surface area contributed by atoms with E-state index in [2.05, 4.69) is 10.4 Å². The Labute approximate surface area is 124 Å². The Balaban J connectivity index is 2.26. The Morgan fingerprint density at radius 1 is 1.38 bits per heavy atom. The van der Waals surface area contributed by atoms with Crippen molar-refractivity contribution in [1.29, 1.82) is 0 Å². The van der Waals surface area contributed by atoms with Gasteiger partial charge in [-0.2, -0.15) is 5.10 Å². The van der Waals surface area contributed by atoms with Crippen LogP contribution in [0.3, 0.4) is 0 Å². The molecule has 1 amide bonds. The average Bonchev–Trinajstić information content (AvgIpc) is 2.62. The van der Waals surface area contributed by atoms with Crippen molar-refractivity contribution in [2.75, 3.05) is 0 Å². The second-order valence-electron chi connectivity index (χ2n) is 6.18. The summed E-state index contributed by atoms with van der Waals surface area (Å²) in [5.74, 6) is -1.60. The summed E-state index contributed by atoms with van der Waals surface area (Å²) < 4.78 is 1.67. The first-order valence-corrected chi connectivity index (χ1v) is 7.32. The monoisotopic (exact) mass is 293 g/mol. The lowest BCUT2D eigenvalue weighted by Crippen LogP contribution is -2.55. The van der Waals surface area contributed by atoms with Crippen LogP contribution in [-0.4, -0.2) is 32.3 Å². The first kappa shape index (κ1) is 15.5. The number of nitrogens with zero attached hydrogens (tertiary/aromatic N) is 2. The number of hydrogen-bond acceptors (Lipinski definition) is 3. The fourth-order valence-corrected chi connectivity index (χ4v) is 3.30. The van der Waals surface area contributed by atoms with Gasteiger partial charge in [0.05, 0.1) is 22.7 Å². The molecule has 0 radical (unpaired) electrons. The van der Waals surface area contributed by atoms with Gasteiger partial charge in [-0.25, -0.2) is 0 Å². The molecule has 2 rings (SSSR count). The molecular weight excluding hydrogens is 270 g/mol. The summed E-state index contributed by atoms with van der Waals surface area (Å²) in [4.78, 5) is 24.0. The van der Waals surface area contributed by atoms with Crippen molar-refractivity contribution >= 4 is 11.9 Å². The zero-order valence-electron chi connectivity index (χ0n) is 13.1. The number of aliphatic carboxylic acids is 1. The largest absolute Gasteiger partial charge is 0.481 e. The molecule has 0 aromatic carbocycles. The molecule has 1 aromatic rings. The summed E-state index contributed by atoms with van der Waals surface area (Å²) in [5.41, 5.74) is 1.30. The molecule has 6 nitrogen and oxygen atoms in total. The minimum Gasteiger partial charge on any atom is -0.481 e. The topological polar surface area (TPSA) is 84.2 Å². The summed E-state index contributed by atoms with van der Waals surface area (Å²) in [5, 5.41) is 16.6. The molecule has 0 aliphatic heterocycles. The van der Waals surface area contributed by atoms with E-state index in [-0.39, 0.29) is 5.91 Å². The summed E-state index contributed by atoms with van der Waals surface area (Å²) in [6.07, 6.45) is 3.13.